The summed E-state index contributed by atoms with van der Waals surface area (Å²) in [6.07, 6.45) is 4.00. The zero-order valence-electron chi connectivity index (χ0n) is 13.3. The maximum Gasteiger partial charge on any atom is 0.0104 e. The van der Waals surface area contributed by atoms with Gasteiger partial charge in [0, 0.05) is 25.7 Å². The molecule has 1 N–H and O–H groups in total. The quantitative estimate of drug-likeness (QED) is 0.741. The fraction of sp³-hybridized carbons (Fsp3) is 0.667. The molecule has 2 heteroatoms. The van der Waals surface area contributed by atoms with E-state index in [1.165, 1.54) is 24.8 Å². The summed E-state index contributed by atoms with van der Waals surface area (Å²) in [6, 6.07) is 11.8. The van der Waals surface area contributed by atoms with Crippen molar-refractivity contribution in [3.63, 3.8) is 0 Å². The normalized spacial score (nSPS) is 18.2. The molecule has 2 unspecified atom stereocenters. The molecular weight excluding hydrogens is 244 g/mol. The van der Waals surface area contributed by atoms with Gasteiger partial charge in [-0.05, 0) is 37.3 Å². The van der Waals surface area contributed by atoms with Crippen LogP contribution in [0.15, 0.2) is 30.3 Å². The summed E-state index contributed by atoms with van der Waals surface area (Å²) in [5.74, 6) is 1.38. The van der Waals surface area contributed by atoms with Gasteiger partial charge < -0.3 is 10.2 Å². The predicted molar refractivity (Wildman–Crippen MR) is 87.2 cm³/mol. The van der Waals surface area contributed by atoms with Crippen molar-refractivity contribution < 1.29 is 0 Å². The lowest BCUT2D eigenvalue weighted by Crippen LogP contribution is -2.34. The molecular formula is C18H30N2. The first-order chi connectivity index (χ1) is 9.70. The fourth-order valence-electron chi connectivity index (χ4n) is 2.77. The summed E-state index contributed by atoms with van der Waals surface area (Å²) in [5.41, 5.74) is 1.49. The highest BCUT2D eigenvalue weighted by Gasteiger charge is 2.21. The predicted octanol–water partition coefficient (Wildman–Crippen LogP) is 3.50. The summed E-state index contributed by atoms with van der Waals surface area (Å²) >= 11 is 0. The number of rotatable bonds is 9. The van der Waals surface area contributed by atoms with Gasteiger partial charge in [0.1, 0.15) is 0 Å². The Bertz CT molecular complexity index is 372. The maximum atomic E-state index is 3.60. The number of benzene rings is 1. The summed E-state index contributed by atoms with van der Waals surface area (Å²) in [4.78, 5) is 2.49. The van der Waals surface area contributed by atoms with Gasteiger partial charge in [0.15, 0.2) is 0 Å². The smallest absolute Gasteiger partial charge is 0.0104 e. The van der Waals surface area contributed by atoms with Gasteiger partial charge in [-0.1, -0.05) is 50.6 Å². The minimum absolute atomic E-state index is 0.645. The minimum Gasteiger partial charge on any atom is -0.313 e. The van der Waals surface area contributed by atoms with E-state index >= 15 is 0 Å². The number of hydrogen-bond acceptors (Lipinski definition) is 2. The van der Waals surface area contributed by atoms with Crippen LogP contribution in [-0.4, -0.2) is 37.6 Å². The van der Waals surface area contributed by atoms with E-state index in [0.717, 1.165) is 31.6 Å². The standard InChI is InChI=1S/C18H30N2/c1-4-15(2)18(16-8-6-5-7-9-16)14-20(3)13-12-19-17-10-11-17/h5-9,15,17-19H,4,10-14H2,1-3H3. The van der Waals surface area contributed by atoms with Crippen LogP contribution in [0.2, 0.25) is 0 Å². The third kappa shape index (κ3) is 4.92. The molecule has 0 aromatic heterocycles. The molecule has 0 spiro atoms. The Morgan fingerprint density at radius 3 is 2.55 bits per heavy atom. The van der Waals surface area contributed by atoms with Crippen molar-refractivity contribution in [1.29, 1.82) is 0 Å². The fourth-order valence-corrected chi connectivity index (χ4v) is 2.77. The maximum absolute atomic E-state index is 3.60. The average molecular weight is 274 g/mol. The molecule has 0 aliphatic heterocycles. The van der Waals surface area contributed by atoms with E-state index in [-0.39, 0.29) is 0 Å². The molecule has 2 atom stereocenters. The highest BCUT2D eigenvalue weighted by Crippen LogP contribution is 2.27. The molecule has 1 aliphatic rings. The molecule has 0 heterocycles. The van der Waals surface area contributed by atoms with Crippen LogP contribution >= 0.6 is 0 Å². The Hall–Kier alpha value is -0.860. The average Bonchev–Trinajstić information content (AvgIpc) is 3.29. The molecule has 2 nitrogen and oxygen atoms in total. The van der Waals surface area contributed by atoms with Crippen LogP contribution in [0.3, 0.4) is 0 Å². The zero-order chi connectivity index (χ0) is 14.4. The number of hydrogen-bond donors (Lipinski definition) is 1. The van der Waals surface area contributed by atoms with Gasteiger partial charge in [-0.25, -0.2) is 0 Å². The molecule has 0 bridgehead atoms. The first kappa shape index (κ1) is 15.5. The molecule has 0 amide bonds. The lowest BCUT2D eigenvalue weighted by Gasteiger charge is -2.28. The van der Waals surface area contributed by atoms with Crippen molar-refractivity contribution in [1.82, 2.24) is 10.2 Å². The molecule has 1 aromatic rings. The van der Waals surface area contributed by atoms with Crippen molar-refractivity contribution in [3.8, 4) is 0 Å². The van der Waals surface area contributed by atoms with E-state index in [4.69, 9.17) is 0 Å². The van der Waals surface area contributed by atoms with Gasteiger partial charge in [-0.3, -0.25) is 0 Å². The highest BCUT2D eigenvalue weighted by molar-refractivity contribution is 5.20. The van der Waals surface area contributed by atoms with E-state index in [1.54, 1.807) is 0 Å². The van der Waals surface area contributed by atoms with Gasteiger partial charge in [-0.2, -0.15) is 0 Å². The van der Waals surface area contributed by atoms with Crippen LogP contribution in [0.1, 0.15) is 44.6 Å². The lowest BCUT2D eigenvalue weighted by atomic mass is 9.85. The van der Waals surface area contributed by atoms with E-state index in [2.05, 4.69) is 61.4 Å². The minimum atomic E-state index is 0.645. The third-order valence-electron chi connectivity index (χ3n) is 4.57. The van der Waals surface area contributed by atoms with Gasteiger partial charge in [0.05, 0.1) is 0 Å². The molecule has 1 fully saturated rings. The van der Waals surface area contributed by atoms with Gasteiger partial charge in [-0.15, -0.1) is 0 Å². The van der Waals surface area contributed by atoms with E-state index < -0.39 is 0 Å². The first-order valence-electron chi connectivity index (χ1n) is 8.17. The van der Waals surface area contributed by atoms with Crippen LogP contribution in [0.4, 0.5) is 0 Å². The molecule has 20 heavy (non-hydrogen) atoms. The number of likely N-dealkylation sites (N-methyl/N-ethyl adjacent to an activating group) is 1. The molecule has 0 saturated heterocycles. The van der Waals surface area contributed by atoms with Crippen LogP contribution in [0.25, 0.3) is 0 Å². The molecule has 1 aromatic carbocycles. The molecule has 2 rings (SSSR count). The Morgan fingerprint density at radius 2 is 1.95 bits per heavy atom. The van der Waals surface area contributed by atoms with Crippen LogP contribution in [0.5, 0.6) is 0 Å². The van der Waals surface area contributed by atoms with Gasteiger partial charge in [0.2, 0.25) is 0 Å². The van der Waals surface area contributed by atoms with Crippen molar-refractivity contribution in [2.24, 2.45) is 5.92 Å². The Balaban J connectivity index is 1.86. The second kappa shape index (κ2) is 7.80. The second-order valence-electron chi connectivity index (χ2n) is 6.39. The third-order valence-corrected chi connectivity index (χ3v) is 4.57. The zero-order valence-corrected chi connectivity index (χ0v) is 13.3. The highest BCUT2D eigenvalue weighted by atomic mass is 15.1. The SMILES string of the molecule is CCC(C)C(CN(C)CCNC1CC1)c1ccccc1. The van der Waals surface area contributed by atoms with Crippen molar-refractivity contribution >= 4 is 0 Å². The molecule has 0 radical (unpaired) electrons. The molecule has 112 valence electrons. The number of nitrogens with zero attached hydrogens (tertiary/aromatic N) is 1. The number of nitrogens with one attached hydrogen (secondary N) is 1. The Morgan fingerprint density at radius 1 is 1.25 bits per heavy atom. The summed E-state index contributed by atoms with van der Waals surface area (Å²) in [6.45, 7) is 8.12. The lowest BCUT2D eigenvalue weighted by molar-refractivity contribution is 0.272. The summed E-state index contributed by atoms with van der Waals surface area (Å²) in [7, 11) is 2.26. The monoisotopic (exact) mass is 274 g/mol. The van der Waals surface area contributed by atoms with Crippen molar-refractivity contribution in [2.75, 3.05) is 26.7 Å². The second-order valence-corrected chi connectivity index (χ2v) is 6.39. The van der Waals surface area contributed by atoms with E-state index in [0.29, 0.717) is 5.92 Å². The Labute approximate surface area is 124 Å². The topological polar surface area (TPSA) is 15.3 Å². The van der Waals surface area contributed by atoms with E-state index in [1.807, 2.05) is 0 Å². The van der Waals surface area contributed by atoms with E-state index in [9.17, 15) is 0 Å². The molecule has 1 saturated carbocycles. The van der Waals surface area contributed by atoms with Crippen LogP contribution in [0, 0.1) is 5.92 Å². The van der Waals surface area contributed by atoms with Crippen LogP contribution < -0.4 is 5.32 Å². The van der Waals surface area contributed by atoms with Crippen LogP contribution in [-0.2, 0) is 0 Å². The van der Waals surface area contributed by atoms with Gasteiger partial charge in [0.25, 0.3) is 0 Å². The molecule has 1 aliphatic carbocycles. The van der Waals surface area contributed by atoms with Crippen molar-refractivity contribution in [3.05, 3.63) is 35.9 Å². The van der Waals surface area contributed by atoms with Gasteiger partial charge >= 0.3 is 0 Å². The summed E-state index contributed by atoms with van der Waals surface area (Å²) < 4.78 is 0. The van der Waals surface area contributed by atoms with Crippen molar-refractivity contribution in [2.45, 2.75) is 45.1 Å². The summed E-state index contributed by atoms with van der Waals surface area (Å²) in [5, 5.41) is 3.60. The Kier molecular flexibility index (Phi) is 6.06. The largest absolute Gasteiger partial charge is 0.313 e. The first-order valence-corrected chi connectivity index (χ1v) is 8.17.